The Morgan fingerprint density at radius 2 is 1.91 bits per heavy atom. The van der Waals surface area contributed by atoms with Gasteiger partial charge in [0.2, 0.25) is 0 Å². The van der Waals surface area contributed by atoms with E-state index in [4.69, 9.17) is 14.2 Å². The van der Waals surface area contributed by atoms with Gasteiger partial charge in [-0.3, -0.25) is 0 Å². The highest BCUT2D eigenvalue weighted by atomic mass is 19.4. The van der Waals surface area contributed by atoms with Gasteiger partial charge in [-0.05, 0) is 50.8 Å². The van der Waals surface area contributed by atoms with Crippen LogP contribution in [0.15, 0.2) is 42.0 Å². The molecule has 1 aromatic carbocycles. The Kier molecular flexibility index (Phi) is 8.62. The monoisotopic (exact) mass is 455 g/mol. The van der Waals surface area contributed by atoms with E-state index >= 15 is 0 Å². The molecule has 0 aromatic heterocycles. The van der Waals surface area contributed by atoms with Gasteiger partial charge in [0, 0.05) is 12.1 Å². The van der Waals surface area contributed by atoms with Crippen molar-refractivity contribution in [3.05, 3.63) is 47.6 Å². The van der Waals surface area contributed by atoms with Gasteiger partial charge >= 0.3 is 6.18 Å². The van der Waals surface area contributed by atoms with Crippen LogP contribution < -0.4 is 9.47 Å². The van der Waals surface area contributed by atoms with Crippen molar-refractivity contribution in [1.29, 1.82) is 0 Å². The molecular weight excluding hydrogens is 423 g/mol. The van der Waals surface area contributed by atoms with Gasteiger partial charge in [0.15, 0.2) is 11.5 Å². The van der Waals surface area contributed by atoms with Gasteiger partial charge < -0.3 is 24.2 Å². The Bertz CT molecular complexity index is 801. The summed E-state index contributed by atoms with van der Waals surface area (Å²) in [5.74, 6) is 1.34. The zero-order chi connectivity index (χ0) is 23.1. The second kappa shape index (κ2) is 11.2. The van der Waals surface area contributed by atoms with Crippen LogP contribution >= 0.6 is 0 Å². The number of likely N-dealkylation sites (tertiary alicyclic amines) is 1. The summed E-state index contributed by atoms with van der Waals surface area (Å²) in [7, 11) is 3.16. The van der Waals surface area contributed by atoms with E-state index in [2.05, 4.69) is 4.90 Å². The maximum absolute atomic E-state index is 12.3. The first-order valence-corrected chi connectivity index (χ1v) is 11.0. The summed E-state index contributed by atoms with van der Waals surface area (Å²) in [6, 6.07) is 5.56. The number of aliphatic hydroxyl groups is 1. The lowest BCUT2D eigenvalue weighted by molar-refractivity contribution is -0.180. The van der Waals surface area contributed by atoms with E-state index < -0.39 is 25.0 Å². The van der Waals surface area contributed by atoms with Gasteiger partial charge in [0.1, 0.15) is 6.61 Å². The lowest BCUT2D eigenvalue weighted by atomic mass is 9.86. The van der Waals surface area contributed by atoms with E-state index in [1.54, 1.807) is 20.3 Å². The summed E-state index contributed by atoms with van der Waals surface area (Å²) in [5, 5.41) is 11.0. The number of nitrogens with zero attached hydrogens (tertiary/aromatic N) is 1. The number of halogens is 3. The first kappa shape index (κ1) is 24.6. The van der Waals surface area contributed by atoms with Crippen LogP contribution in [0, 0.1) is 5.92 Å². The van der Waals surface area contributed by atoms with Gasteiger partial charge in [0.05, 0.1) is 26.4 Å². The third kappa shape index (κ3) is 6.73. The second-order valence-corrected chi connectivity index (χ2v) is 8.30. The molecule has 1 aliphatic carbocycles. The SMILES string of the molecule is COc1cccc(C(O)C2CCN(CCC3=CCC(OCC(F)(F)F)C=C3)CC2)c1OC. The molecule has 0 amide bonds. The fourth-order valence-corrected chi connectivity index (χ4v) is 4.33. The van der Waals surface area contributed by atoms with E-state index in [9.17, 15) is 18.3 Å². The molecule has 2 unspecified atom stereocenters. The number of para-hydroxylation sites is 1. The Balaban J connectivity index is 1.43. The fourth-order valence-electron chi connectivity index (χ4n) is 4.33. The molecule has 8 heteroatoms. The number of benzene rings is 1. The second-order valence-electron chi connectivity index (χ2n) is 8.30. The Morgan fingerprint density at radius 1 is 1.16 bits per heavy atom. The highest BCUT2D eigenvalue weighted by Gasteiger charge is 2.30. The molecule has 3 rings (SSSR count). The van der Waals surface area contributed by atoms with Crippen molar-refractivity contribution in [2.24, 2.45) is 5.92 Å². The largest absolute Gasteiger partial charge is 0.493 e. The smallest absolute Gasteiger partial charge is 0.411 e. The van der Waals surface area contributed by atoms with E-state index in [1.807, 2.05) is 30.4 Å². The summed E-state index contributed by atoms with van der Waals surface area (Å²) in [6.07, 6.45) is 3.21. The molecule has 1 saturated heterocycles. The maximum atomic E-state index is 12.3. The molecule has 0 saturated carbocycles. The van der Waals surface area contributed by atoms with Crippen molar-refractivity contribution in [3.63, 3.8) is 0 Å². The average Bonchev–Trinajstić information content (AvgIpc) is 2.80. The molecule has 1 aromatic rings. The van der Waals surface area contributed by atoms with Crippen LogP contribution in [0.4, 0.5) is 13.2 Å². The molecule has 0 bridgehead atoms. The standard InChI is InChI=1S/C24H32F3NO4/c1-30-21-5-3-4-20(23(21)31-2)22(29)18-11-14-28(15-12-18)13-10-17-6-8-19(9-7-17)32-16-24(25,26)27/h3-8,18-19,22,29H,9-16H2,1-2H3. The zero-order valence-corrected chi connectivity index (χ0v) is 18.6. The number of allylic oxidation sites excluding steroid dienone is 1. The van der Waals surface area contributed by atoms with Crippen LogP contribution in [0.1, 0.15) is 37.4 Å². The molecule has 0 spiro atoms. The number of aliphatic hydroxyl groups excluding tert-OH is 1. The third-order valence-electron chi connectivity index (χ3n) is 6.15. The van der Waals surface area contributed by atoms with Crippen molar-refractivity contribution < 1.29 is 32.5 Å². The van der Waals surface area contributed by atoms with Crippen LogP contribution in [-0.4, -0.2) is 62.7 Å². The third-order valence-corrected chi connectivity index (χ3v) is 6.15. The molecule has 2 atom stereocenters. The predicted octanol–water partition coefficient (Wildman–Crippen LogP) is 4.67. The first-order valence-electron chi connectivity index (χ1n) is 11.0. The quantitative estimate of drug-likeness (QED) is 0.586. The predicted molar refractivity (Wildman–Crippen MR) is 116 cm³/mol. The van der Waals surface area contributed by atoms with Crippen LogP contribution in [0.2, 0.25) is 0 Å². The minimum atomic E-state index is -4.30. The van der Waals surface area contributed by atoms with Gasteiger partial charge in [-0.25, -0.2) is 0 Å². The minimum Gasteiger partial charge on any atom is -0.493 e. The number of rotatable bonds is 9. The summed E-state index contributed by atoms with van der Waals surface area (Å²) >= 11 is 0. The molecule has 32 heavy (non-hydrogen) atoms. The lowest BCUT2D eigenvalue weighted by Gasteiger charge is -2.35. The van der Waals surface area contributed by atoms with Gasteiger partial charge in [-0.15, -0.1) is 0 Å². The Morgan fingerprint density at radius 3 is 2.50 bits per heavy atom. The number of hydrogen-bond acceptors (Lipinski definition) is 5. The van der Waals surface area contributed by atoms with Crippen molar-refractivity contribution in [1.82, 2.24) is 4.90 Å². The number of alkyl halides is 3. The molecule has 2 aliphatic rings. The van der Waals surface area contributed by atoms with Crippen LogP contribution in [-0.2, 0) is 4.74 Å². The van der Waals surface area contributed by atoms with E-state index in [0.29, 0.717) is 17.9 Å². The van der Waals surface area contributed by atoms with E-state index in [0.717, 1.165) is 50.0 Å². The number of methoxy groups -OCH3 is 2. The zero-order valence-electron chi connectivity index (χ0n) is 18.6. The highest BCUT2D eigenvalue weighted by Crippen LogP contribution is 2.40. The van der Waals surface area contributed by atoms with E-state index in [1.165, 1.54) is 0 Å². The number of hydrogen-bond donors (Lipinski definition) is 1. The molecule has 5 nitrogen and oxygen atoms in total. The average molecular weight is 456 g/mol. The summed E-state index contributed by atoms with van der Waals surface area (Å²) in [5.41, 5.74) is 1.88. The number of ether oxygens (including phenoxy) is 3. The van der Waals surface area contributed by atoms with Gasteiger partial charge in [0.25, 0.3) is 0 Å². The van der Waals surface area contributed by atoms with Crippen molar-refractivity contribution in [2.45, 2.75) is 44.1 Å². The maximum Gasteiger partial charge on any atom is 0.411 e. The van der Waals surface area contributed by atoms with Crippen LogP contribution in [0.5, 0.6) is 11.5 Å². The lowest BCUT2D eigenvalue weighted by Crippen LogP contribution is -2.36. The Hall–Kier alpha value is -2.03. The molecule has 1 fully saturated rings. The summed E-state index contributed by atoms with van der Waals surface area (Å²) in [4.78, 5) is 2.37. The van der Waals surface area contributed by atoms with Gasteiger partial charge in [-0.2, -0.15) is 13.2 Å². The molecule has 1 heterocycles. The molecule has 1 aliphatic heterocycles. The number of piperidine rings is 1. The minimum absolute atomic E-state index is 0.146. The Labute approximate surface area is 187 Å². The highest BCUT2D eigenvalue weighted by molar-refractivity contribution is 5.47. The van der Waals surface area contributed by atoms with Crippen LogP contribution in [0.25, 0.3) is 0 Å². The normalized spacial score (nSPS) is 21.3. The van der Waals surface area contributed by atoms with Crippen molar-refractivity contribution >= 4 is 0 Å². The molecular formula is C24H32F3NO4. The molecule has 178 valence electrons. The molecule has 0 radical (unpaired) electrons. The fraction of sp³-hybridized carbons (Fsp3) is 0.583. The van der Waals surface area contributed by atoms with Crippen molar-refractivity contribution in [3.8, 4) is 11.5 Å². The van der Waals surface area contributed by atoms with Gasteiger partial charge in [-0.1, -0.05) is 35.9 Å². The topological polar surface area (TPSA) is 51.2 Å². The first-order chi connectivity index (χ1) is 15.3. The van der Waals surface area contributed by atoms with E-state index in [-0.39, 0.29) is 5.92 Å². The van der Waals surface area contributed by atoms with Crippen LogP contribution in [0.3, 0.4) is 0 Å². The molecule has 1 N–H and O–H groups in total. The summed E-state index contributed by atoms with van der Waals surface area (Å²) in [6.45, 7) is 1.45. The summed E-state index contributed by atoms with van der Waals surface area (Å²) < 4.78 is 52.5. The van der Waals surface area contributed by atoms with Crippen molar-refractivity contribution in [2.75, 3.05) is 40.5 Å².